The van der Waals surface area contributed by atoms with Crippen LogP contribution in [0.2, 0.25) is 0 Å². The highest BCUT2D eigenvalue weighted by Crippen LogP contribution is 2.38. The van der Waals surface area contributed by atoms with Gasteiger partial charge in [-0.2, -0.15) is 0 Å². The van der Waals surface area contributed by atoms with Gasteiger partial charge in [0.05, 0.1) is 43.4 Å². The van der Waals surface area contributed by atoms with E-state index in [1.807, 2.05) is 60.7 Å². The summed E-state index contributed by atoms with van der Waals surface area (Å²) in [4.78, 5) is 27.1. The van der Waals surface area contributed by atoms with E-state index < -0.39 is 6.29 Å². The molecular formula is C36H46N4O6. The molecule has 0 radical (unpaired) electrons. The molecule has 0 saturated carbocycles. The highest BCUT2D eigenvalue weighted by atomic mass is 16.7. The number of unbranched alkanes of at least 4 members (excludes halogenated alkanes) is 3. The number of morpholine rings is 1. The van der Waals surface area contributed by atoms with Crippen molar-refractivity contribution >= 4 is 28.9 Å². The second-order valence-electron chi connectivity index (χ2n) is 12.0. The number of aliphatic hydroxyl groups excluding tert-OH is 1. The zero-order valence-corrected chi connectivity index (χ0v) is 26.4. The molecule has 3 atom stereocenters. The molecule has 10 heteroatoms. The van der Waals surface area contributed by atoms with Crippen LogP contribution >= 0.6 is 0 Å². The normalized spacial score (nSPS) is 20.2. The van der Waals surface area contributed by atoms with Crippen molar-refractivity contribution in [2.24, 2.45) is 0 Å². The van der Waals surface area contributed by atoms with Gasteiger partial charge in [-0.1, -0.05) is 61.4 Å². The molecule has 5 rings (SSSR count). The van der Waals surface area contributed by atoms with Crippen LogP contribution in [0, 0.1) is 0 Å². The number of amides is 2. The van der Waals surface area contributed by atoms with Gasteiger partial charge in [0, 0.05) is 50.1 Å². The molecule has 0 spiro atoms. The molecule has 2 amide bonds. The van der Waals surface area contributed by atoms with Gasteiger partial charge < -0.3 is 35.7 Å². The van der Waals surface area contributed by atoms with E-state index in [4.69, 9.17) is 19.9 Å². The largest absolute Gasteiger partial charge is 0.397 e. The zero-order chi connectivity index (χ0) is 32.1. The maximum Gasteiger partial charge on any atom is 0.224 e. The number of ether oxygens (including phenoxy) is 3. The standard InChI is InChI=1S/C36H46N4O6/c37-31-7-5-6-8-32(31)39-35(43)10-4-2-1-3-9-34(42)38-29-17-15-28(16-18-29)36-45-30(24-40-19-21-44-22-20-40)23-33(46-36)27-13-11-26(25-41)12-14-27/h5-8,11-18,30,33,36,41H,1-4,9-10,19-25,37H2,(H,38,42)(H,39,43)/t30-,33+,36+/m0/s1. The van der Waals surface area contributed by atoms with Gasteiger partial charge in [-0.25, -0.2) is 0 Å². The number of para-hydroxylation sites is 2. The molecule has 46 heavy (non-hydrogen) atoms. The number of hydrogen-bond acceptors (Lipinski definition) is 8. The summed E-state index contributed by atoms with van der Waals surface area (Å²) < 4.78 is 18.4. The van der Waals surface area contributed by atoms with Gasteiger partial charge in [-0.3, -0.25) is 14.5 Å². The maximum atomic E-state index is 12.6. The van der Waals surface area contributed by atoms with Crippen molar-refractivity contribution in [1.29, 1.82) is 0 Å². The number of carbonyl (C=O) groups excluding carboxylic acids is 2. The van der Waals surface area contributed by atoms with E-state index in [-0.39, 0.29) is 30.6 Å². The number of nitrogens with one attached hydrogen (secondary N) is 2. The average molecular weight is 631 g/mol. The second-order valence-corrected chi connectivity index (χ2v) is 12.0. The minimum absolute atomic E-state index is 0.00624. The first kappa shape index (κ1) is 33.6. The molecule has 3 aromatic rings. The van der Waals surface area contributed by atoms with E-state index in [2.05, 4.69) is 15.5 Å². The fourth-order valence-corrected chi connectivity index (χ4v) is 5.80. The number of aliphatic hydroxyl groups is 1. The van der Waals surface area contributed by atoms with Crippen LogP contribution in [0.4, 0.5) is 17.1 Å². The summed E-state index contributed by atoms with van der Waals surface area (Å²) in [6.07, 6.45) is 4.13. The lowest BCUT2D eigenvalue weighted by Gasteiger charge is -2.39. The molecule has 5 N–H and O–H groups in total. The van der Waals surface area contributed by atoms with Crippen LogP contribution < -0.4 is 16.4 Å². The molecule has 0 bridgehead atoms. The van der Waals surface area contributed by atoms with Crippen LogP contribution in [-0.4, -0.2) is 60.8 Å². The predicted molar refractivity (Wildman–Crippen MR) is 178 cm³/mol. The van der Waals surface area contributed by atoms with Gasteiger partial charge in [0.15, 0.2) is 6.29 Å². The molecule has 2 aliphatic rings. The summed E-state index contributed by atoms with van der Waals surface area (Å²) in [6, 6.07) is 22.8. The van der Waals surface area contributed by atoms with E-state index in [0.717, 1.165) is 87.3 Å². The highest BCUT2D eigenvalue weighted by molar-refractivity contribution is 5.93. The molecular weight excluding hydrogens is 584 g/mol. The number of hydrogen-bond donors (Lipinski definition) is 4. The Kier molecular flexibility index (Phi) is 12.6. The minimum Gasteiger partial charge on any atom is -0.397 e. The van der Waals surface area contributed by atoms with Crippen LogP contribution in [-0.2, 0) is 30.4 Å². The lowest BCUT2D eigenvalue weighted by Crippen LogP contribution is -2.44. The SMILES string of the molecule is Nc1ccccc1NC(=O)CCCCCCC(=O)Nc1ccc([C@@H]2O[C@H](CN3CCOCC3)C[C@H](c3ccc(CO)cc3)O2)cc1. The Morgan fingerprint density at radius 3 is 2.13 bits per heavy atom. The average Bonchev–Trinajstić information content (AvgIpc) is 3.08. The van der Waals surface area contributed by atoms with Crippen molar-refractivity contribution in [3.05, 3.63) is 89.5 Å². The lowest BCUT2D eigenvalue weighted by atomic mass is 9.99. The molecule has 10 nitrogen and oxygen atoms in total. The van der Waals surface area contributed by atoms with Crippen molar-refractivity contribution in [3.63, 3.8) is 0 Å². The number of benzene rings is 3. The van der Waals surface area contributed by atoms with E-state index in [1.165, 1.54) is 0 Å². The number of carbonyl (C=O) groups is 2. The van der Waals surface area contributed by atoms with Crippen molar-refractivity contribution < 1.29 is 28.9 Å². The molecule has 246 valence electrons. The van der Waals surface area contributed by atoms with E-state index in [9.17, 15) is 14.7 Å². The van der Waals surface area contributed by atoms with Crippen molar-refractivity contribution in [3.8, 4) is 0 Å². The third-order valence-electron chi connectivity index (χ3n) is 8.44. The van der Waals surface area contributed by atoms with E-state index in [1.54, 1.807) is 12.1 Å². The Hall–Kier alpha value is -3.80. The Balaban J connectivity index is 1.07. The summed E-state index contributed by atoms with van der Waals surface area (Å²) in [5.74, 6) is -0.0878. The summed E-state index contributed by atoms with van der Waals surface area (Å²) in [7, 11) is 0. The Morgan fingerprint density at radius 1 is 0.804 bits per heavy atom. The smallest absolute Gasteiger partial charge is 0.224 e. The Bertz CT molecular complexity index is 1390. The van der Waals surface area contributed by atoms with Crippen LogP contribution in [0.25, 0.3) is 0 Å². The Labute approximate surface area is 271 Å². The fourth-order valence-electron chi connectivity index (χ4n) is 5.80. The molecule has 2 heterocycles. The van der Waals surface area contributed by atoms with E-state index >= 15 is 0 Å². The van der Waals surface area contributed by atoms with Crippen LogP contribution in [0.15, 0.2) is 72.8 Å². The number of nitrogens with two attached hydrogens (primary N) is 1. The summed E-state index contributed by atoms with van der Waals surface area (Å²) in [5.41, 5.74) is 10.6. The monoisotopic (exact) mass is 630 g/mol. The molecule has 0 aromatic heterocycles. The second kappa shape index (κ2) is 17.2. The van der Waals surface area contributed by atoms with Crippen molar-refractivity contribution in [2.45, 2.75) is 70.1 Å². The maximum absolute atomic E-state index is 12.6. The third kappa shape index (κ3) is 10.1. The molecule has 2 aliphatic heterocycles. The van der Waals surface area contributed by atoms with Gasteiger partial charge in [0.1, 0.15) is 0 Å². The van der Waals surface area contributed by atoms with Crippen LogP contribution in [0.1, 0.15) is 74.0 Å². The van der Waals surface area contributed by atoms with Crippen molar-refractivity contribution in [2.75, 3.05) is 49.2 Å². The number of anilines is 3. The van der Waals surface area contributed by atoms with Crippen LogP contribution in [0.3, 0.4) is 0 Å². The van der Waals surface area contributed by atoms with Gasteiger partial charge in [0.25, 0.3) is 0 Å². The van der Waals surface area contributed by atoms with Gasteiger partial charge in [-0.15, -0.1) is 0 Å². The summed E-state index contributed by atoms with van der Waals surface area (Å²) in [6.45, 7) is 4.05. The number of nitrogens with zero attached hydrogens (tertiary/aromatic N) is 1. The van der Waals surface area contributed by atoms with Crippen LogP contribution in [0.5, 0.6) is 0 Å². The predicted octanol–water partition coefficient (Wildman–Crippen LogP) is 5.56. The number of rotatable bonds is 14. The first-order valence-electron chi connectivity index (χ1n) is 16.3. The quantitative estimate of drug-likeness (QED) is 0.134. The minimum atomic E-state index is -0.542. The molecule has 2 fully saturated rings. The first-order chi connectivity index (χ1) is 22.5. The highest BCUT2D eigenvalue weighted by Gasteiger charge is 2.33. The number of nitrogen functional groups attached to an aromatic ring is 1. The van der Waals surface area contributed by atoms with Gasteiger partial charge >= 0.3 is 0 Å². The first-order valence-corrected chi connectivity index (χ1v) is 16.3. The molecule has 3 aromatic carbocycles. The van der Waals surface area contributed by atoms with Crippen molar-refractivity contribution in [1.82, 2.24) is 4.90 Å². The topological polar surface area (TPSA) is 135 Å². The van der Waals surface area contributed by atoms with Gasteiger partial charge in [0.2, 0.25) is 11.8 Å². The van der Waals surface area contributed by atoms with Gasteiger partial charge in [-0.05, 0) is 48.2 Å². The molecule has 2 saturated heterocycles. The zero-order valence-electron chi connectivity index (χ0n) is 26.4. The summed E-state index contributed by atoms with van der Waals surface area (Å²) >= 11 is 0. The summed E-state index contributed by atoms with van der Waals surface area (Å²) in [5, 5.41) is 15.3. The Morgan fingerprint density at radius 2 is 1.46 bits per heavy atom. The third-order valence-corrected chi connectivity index (χ3v) is 8.44. The van der Waals surface area contributed by atoms with E-state index in [0.29, 0.717) is 24.2 Å². The lowest BCUT2D eigenvalue weighted by molar-refractivity contribution is -0.253. The molecule has 0 unspecified atom stereocenters. The fraction of sp³-hybridized carbons (Fsp3) is 0.444. The molecule has 0 aliphatic carbocycles.